The van der Waals surface area contributed by atoms with Crippen molar-refractivity contribution < 1.29 is 0 Å². The Morgan fingerprint density at radius 3 is 1.58 bits per heavy atom. The molecule has 0 aromatic carbocycles. The number of rotatable bonds is 8. The van der Waals surface area contributed by atoms with Gasteiger partial charge in [-0.25, -0.2) is 0 Å². The minimum Gasteiger partial charge on any atom is -0.354 e. The van der Waals surface area contributed by atoms with Crippen LogP contribution in [0.4, 0.5) is 0 Å². The first kappa shape index (κ1) is 22.5. The number of nitrogens with one attached hydrogen (secondary N) is 4. The summed E-state index contributed by atoms with van der Waals surface area (Å²) in [7, 11) is 0. The van der Waals surface area contributed by atoms with Gasteiger partial charge in [-0.05, 0) is 61.8 Å². The Morgan fingerprint density at radius 2 is 1.17 bits per heavy atom. The van der Waals surface area contributed by atoms with Crippen LogP contribution in [0.3, 0.4) is 0 Å². The number of aliphatic imine (C=N–C) groups is 2. The summed E-state index contributed by atoms with van der Waals surface area (Å²) >= 11 is 0. The predicted molar refractivity (Wildman–Crippen MR) is 107 cm³/mol. The zero-order chi connectivity index (χ0) is 18.7. The largest absolute Gasteiger partial charge is 0.354 e. The summed E-state index contributed by atoms with van der Waals surface area (Å²) in [6.45, 7) is 19.8. The van der Waals surface area contributed by atoms with E-state index >= 15 is 0 Å². The van der Waals surface area contributed by atoms with Crippen LogP contribution in [0.5, 0.6) is 0 Å². The molecule has 6 heteroatoms. The first-order valence-corrected chi connectivity index (χ1v) is 9.33. The summed E-state index contributed by atoms with van der Waals surface area (Å²) in [5.41, 5.74) is 0. The molecule has 0 amide bonds. The second-order valence-corrected chi connectivity index (χ2v) is 7.37. The van der Waals surface area contributed by atoms with Crippen LogP contribution in [0, 0.1) is 0 Å². The second kappa shape index (κ2) is 12.0. The van der Waals surface area contributed by atoms with Crippen LogP contribution in [0.25, 0.3) is 0 Å². The van der Waals surface area contributed by atoms with E-state index in [4.69, 9.17) is 0 Å². The molecule has 0 bridgehead atoms. The van der Waals surface area contributed by atoms with E-state index in [1.807, 2.05) is 0 Å². The van der Waals surface area contributed by atoms with Crippen LogP contribution in [0.1, 0.15) is 68.7 Å². The molecule has 0 spiro atoms. The minimum absolute atomic E-state index is 0.255. The molecule has 0 aromatic rings. The van der Waals surface area contributed by atoms with Gasteiger partial charge in [-0.3, -0.25) is 9.98 Å². The lowest BCUT2D eigenvalue weighted by Crippen LogP contribution is -2.52. The molecule has 6 nitrogen and oxygen atoms in total. The van der Waals surface area contributed by atoms with Crippen LogP contribution >= 0.6 is 0 Å². The highest BCUT2D eigenvalue weighted by atomic mass is 15.2. The van der Waals surface area contributed by atoms with Gasteiger partial charge < -0.3 is 21.3 Å². The lowest BCUT2D eigenvalue weighted by atomic mass is 10.2. The van der Waals surface area contributed by atoms with Crippen LogP contribution in [-0.2, 0) is 0 Å². The summed E-state index contributed by atoms with van der Waals surface area (Å²) in [5.74, 6) is 1.73. The molecule has 0 fully saturated rings. The molecule has 0 saturated heterocycles. The van der Waals surface area contributed by atoms with Crippen molar-refractivity contribution in [3.05, 3.63) is 0 Å². The molecular formula is C18H40N6. The zero-order valence-electron chi connectivity index (χ0n) is 17.2. The third kappa shape index (κ3) is 12.0. The van der Waals surface area contributed by atoms with E-state index in [2.05, 4.69) is 93.6 Å². The highest BCUT2D eigenvalue weighted by molar-refractivity contribution is 5.81. The molecule has 0 radical (unpaired) electrons. The Morgan fingerprint density at radius 1 is 0.708 bits per heavy atom. The monoisotopic (exact) mass is 340 g/mol. The van der Waals surface area contributed by atoms with Gasteiger partial charge in [0, 0.05) is 36.8 Å². The van der Waals surface area contributed by atoms with Crippen molar-refractivity contribution in [2.45, 2.75) is 98.9 Å². The van der Waals surface area contributed by atoms with E-state index in [0.29, 0.717) is 12.1 Å². The van der Waals surface area contributed by atoms with Crippen molar-refractivity contribution in [1.29, 1.82) is 0 Å². The lowest BCUT2D eigenvalue weighted by Gasteiger charge is -2.24. The molecular weight excluding hydrogens is 300 g/mol. The van der Waals surface area contributed by atoms with Crippen molar-refractivity contribution >= 4 is 11.9 Å². The molecule has 0 saturated carbocycles. The molecule has 24 heavy (non-hydrogen) atoms. The molecule has 0 aliphatic rings. The van der Waals surface area contributed by atoms with Crippen molar-refractivity contribution in [3.8, 4) is 0 Å². The van der Waals surface area contributed by atoms with Gasteiger partial charge in [-0.2, -0.15) is 0 Å². The summed E-state index contributed by atoms with van der Waals surface area (Å²) in [6, 6.07) is 1.49. The summed E-state index contributed by atoms with van der Waals surface area (Å²) in [6.07, 6.45) is 1.00. The SMILES string of the molecule is CCC(CNC(=NC(C)C)NC(C)C)NC(=NC(C)C)NC(C)C. The molecule has 4 N–H and O–H groups in total. The minimum atomic E-state index is 0.255. The quantitative estimate of drug-likeness (QED) is 0.405. The van der Waals surface area contributed by atoms with Gasteiger partial charge in [-0.1, -0.05) is 6.92 Å². The average molecular weight is 341 g/mol. The highest BCUT2D eigenvalue weighted by Gasteiger charge is 2.12. The predicted octanol–water partition coefficient (Wildman–Crippen LogP) is 2.47. The van der Waals surface area contributed by atoms with E-state index in [1.54, 1.807) is 0 Å². The Balaban J connectivity index is 4.82. The summed E-state index contributed by atoms with van der Waals surface area (Å²) < 4.78 is 0. The van der Waals surface area contributed by atoms with Crippen LogP contribution in [-0.4, -0.2) is 48.7 Å². The second-order valence-electron chi connectivity index (χ2n) is 7.37. The fourth-order valence-corrected chi connectivity index (χ4v) is 2.02. The number of hydrogen-bond acceptors (Lipinski definition) is 2. The van der Waals surface area contributed by atoms with E-state index < -0.39 is 0 Å². The van der Waals surface area contributed by atoms with Crippen molar-refractivity contribution in [2.24, 2.45) is 9.98 Å². The molecule has 0 aliphatic carbocycles. The molecule has 0 aromatic heterocycles. The van der Waals surface area contributed by atoms with Gasteiger partial charge in [0.25, 0.3) is 0 Å². The molecule has 1 atom stereocenters. The normalized spacial score (nSPS) is 14.5. The third-order valence-electron chi connectivity index (χ3n) is 2.97. The maximum atomic E-state index is 4.65. The first-order chi connectivity index (χ1) is 11.1. The van der Waals surface area contributed by atoms with Crippen molar-refractivity contribution in [1.82, 2.24) is 21.3 Å². The van der Waals surface area contributed by atoms with Gasteiger partial charge in [-0.15, -0.1) is 0 Å². The Bertz CT molecular complexity index is 385. The van der Waals surface area contributed by atoms with Gasteiger partial charge >= 0.3 is 0 Å². The van der Waals surface area contributed by atoms with Crippen molar-refractivity contribution in [3.63, 3.8) is 0 Å². The van der Waals surface area contributed by atoms with Gasteiger partial charge in [0.1, 0.15) is 0 Å². The highest BCUT2D eigenvalue weighted by Crippen LogP contribution is 1.94. The average Bonchev–Trinajstić information content (AvgIpc) is 2.40. The number of nitrogens with zero attached hydrogens (tertiary/aromatic N) is 2. The van der Waals surface area contributed by atoms with Crippen molar-refractivity contribution in [2.75, 3.05) is 6.54 Å². The molecule has 0 aliphatic heterocycles. The maximum absolute atomic E-state index is 4.65. The van der Waals surface area contributed by atoms with Crippen LogP contribution < -0.4 is 21.3 Å². The first-order valence-electron chi connectivity index (χ1n) is 9.33. The standard InChI is InChI=1S/C18H40N6/c1-10-16(24-18(22-14(6)7)23-15(8)9)11-19-17(20-12(2)3)21-13(4)5/h12-16H,10-11H2,1-9H3,(H2,19,20,21)(H2,22,23,24). The van der Waals surface area contributed by atoms with E-state index in [1.165, 1.54) is 0 Å². The molecule has 0 heterocycles. The smallest absolute Gasteiger partial charge is 0.191 e. The fraction of sp³-hybridized carbons (Fsp3) is 0.889. The molecule has 0 rings (SSSR count). The van der Waals surface area contributed by atoms with Gasteiger partial charge in [0.2, 0.25) is 0 Å². The Kier molecular flexibility index (Phi) is 11.3. The maximum Gasteiger partial charge on any atom is 0.191 e. The van der Waals surface area contributed by atoms with E-state index in [9.17, 15) is 0 Å². The van der Waals surface area contributed by atoms with Crippen LogP contribution in [0.15, 0.2) is 9.98 Å². The number of hydrogen-bond donors (Lipinski definition) is 4. The van der Waals surface area contributed by atoms with E-state index in [0.717, 1.165) is 24.9 Å². The van der Waals surface area contributed by atoms with Gasteiger partial charge in [0.15, 0.2) is 11.9 Å². The molecule has 1 unspecified atom stereocenters. The number of guanidine groups is 2. The van der Waals surface area contributed by atoms with Gasteiger partial charge in [0.05, 0.1) is 0 Å². The zero-order valence-corrected chi connectivity index (χ0v) is 17.2. The Labute approximate surface area is 149 Å². The van der Waals surface area contributed by atoms with Crippen LogP contribution in [0.2, 0.25) is 0 Å². The fourth-order valence-electron chi connectivity index (χ4n) is 2.02. The lowest BCUT2D eigenvalue weighted by molar-refractivity contribution is 0.543. The Hall–Kier alpha value is -1.46. The topological polar surface area (TPSA) is 72.8 Å². The molecule has 142 valence electrons. The summed E-state index contributed by atoms with van der Waals surface area (Å²) in [4.78, 5) is 9.27. The summed E-state index contributed by atoms with van der Waals surface area (Å²) in [5, 5.41) is 13.7. The third-order valence-corrected chi connectivity index (χ3v) is 2.97. The van der Waals surface area contributed by atoms with E-state index in [-0.39, 0.29) is 18.1 Å².